The number of methoxy groups -OCH3 is 1. The van der Waals surface area contributed by atoms with Gasteiger partial charge in [0.2, 0.25) is 5.95 Å². The predicted octanol–water partition coefficient (Wildman–Crippen LogP) is 2.96. The summed E-state index contributed by atoms with van der Waals surface area (Å²) in [6, 6.07) is 0.0850. The lowest BCUT2D eigenvalue weighted by Crippen LogP contribution is -2.17. The second-order valence-corrected chi connectivity index (χ2v) is 3.05. The van der Waals surface area contributed by atoms with Gasteiger partial charge in [-0.3, -0.25) is 0 Å². The number of hydrogen-bond acceptors (Lipinski definition) is 3. The Hall–Kier alpha value is -1.80. The molecule has 0 N–H and O–H groups in total. The number of ether oxygens (including phenoxy) is 1. The van der Waals surface area contributed by atoms with Crippen LogP contribution < -0.4 is 0 Å². The molecule has 0 saturated carbocycles. The lowest BCUT2D eigenvalue weighted by Gasteiger charge is -2.12. The van der Waals surface area contributed by atoms with Crippen LogP contribution in [0.3, 0.4) is 0 Å². The average Bonchev–Trinajstić information content (AvgIpc) is 2.26. The molecule has 0 amide bonds. The van der Waals surface area contributed by atoms with E-state index in [9.17, 15) is 31.1 Å². The molecule has 0 saturated heterocycles. The summed E-state index contributed by atoms with van der Waals surface area (Å²) in [5.41, 5.74) is -4.73. The van der Waals surface area contributed by atoms with E-state index in [0.717, 1.165) is 7.11 Å². The number of hydrogen-bond donors (Lipinski definition) is 0. The number of rotatable bonds is 2. The van der Waals surface area contributed by atoms with E-state index < -0.39 is 41.3 Å². The van der Waals surface area contributed by atoms with E-state index in [1.54, 1.807) is 0 Å². The largest absolute Gasteiger partial charge is 0.465 e. The summed E-state index contributed by atoms with van der Waals surface area (Å²) in [6.07, 6.45) is -8.81. The van der Waals surface area contributed by atoms with Gasteiger partial charge in [0.05, 0.1) is 7.11 Å². The number of esters is 1. The van der Waals surface area contributed by atoms with Crippen LogP contribution in [-0.2, 0) is 10.9 Å². The fourth-order valence-corrected chi connectivity index (χ4v) is 1.15. The Morgan fingerprint density at radius 3 is 2.33 bits per heavy atom. The minimum absolute atomic E-state index is 0.0850. The number of alkyl halides is 5. The van der Waals surface area contributed by atoms with Gasteiger partial charge in [-0.05, 0) is 6.07 Å². The molecule has 0 aliphatic heterocycles. The van der Waals surface area contributed by atoms with Gasteiger partial charge in [-0.2, -0.15) is 17.6 Å². The Morgan fingerprint density at radius 2 is 1.94 bits per heavy atom. The van der Waals surface area contributed by atoms with Gasteiger partial charge in [-0.15, -0.1) is 0 Å². The van der Waals surface area contributed by atoms with Crippen molar-refractivity contribution < 1.29 is 35.9 Å². The molecule has 0 bridgehead atoms. The van der Waals surface area contributed by atoms with Gasteiger partial charge >= 0.3 is 12.1 Å². The minimum Gasteiger partial charge on any atom is -0.465 e. The normalized spacial score (nSPS) is 11.8. The molecule has 1 heterocycles. The van der Waals surface area contributed by atoms with Crippen molar-refractivity contribution in [2.75, 3.05) is 7.11 Å². The molecule has 0 aromatic carbocycles. The van der Waals surface area contributed by atoms with Crippen molar-refractivity contribution in [2.45, 2.75) is 12.6 Å². The van der Waals surface area contributed by atoms with Gasteiger partial charge in [0, 0.05) is 5.56 Å². The maximum absolute atomic E-state index is 13.1. The van der Waals surface area contributed by atoms with E-state index in [0.29, 0.717) is 0 Å². The number of pyridine rings is 1. The van der Waals surface area contributed by atoms with Gasteiger partial charge < -0.3 is 4.74 Å². The van der Waals surface area contributed by atoms with Crippen molar-refractivity contribution in [1.29, 1.82) is 0 Å². The number of carbonyl (C=O) groups excluding carboxylic acids is 1. The van der Waals surface area contributed by atoms with Crippen molar-refractivity contribution in [2.24, 2.45) is 0 Å². The first-order chi connectivity index (χ1) is 8.18. The van der Waals surface area contributed by atoms with E-state index in [4.69, 9.17) is 0 Å². The first-order valence-corrected chi connectivity index (χ1v) is 4.32. The molecule has 0 aliphatic carbocycles. The third kappa shape index (κ3) is 2.71. The van der Waals surface area contributed by atoms with Crippen LogP contribution in [0.2, 0.25) is 0 Å². The highest BCUT2D eigenvalue weighted by molar-refractivity contribution is 5.89. The fourth-order valence-electron chi connectivity index (χ4n) is 1.15. The van der Waals surface area contributed by atoms with Gasteiger partial charge in [-0.25, -0.2) is 18.6 Å². The van der Waals surface area contributed by atoms with Gasteiger partial charge in [0.15, 0.2) is 5.69 Å². The maximum Gasteiger partial charge on any atom is 0.433 e. The zero-order valence-electron chi connectivity index (χ0n) is 8.69. The van der Waals surface area contributed by atoms with Crippen LogP contribution in [-0.4, -0.2) is 18.1 Å². The predicted molar refractivity (Wildman–Crippen MR) is 45.5 cm³/mol. The van der Waals surface area contributed by atoms with E-state index in [1.165, 1.54) is 0 Å². The summed E-state index contributed by atoms with van der Waals surface area (Å²) in [7, 11) is 0.821. The van der Waals surface area contributed by atoms with Crippen LogP contribution in [0, 0.1) is 5.95 Å². The van der Waals surface area contributed by atoms with Crippen LogP contribution in [0.5, 0.6) is 0 Å². The molecule has 1 aromatic rings. The van der Waals surface area contributed by atoms with Crippen molar-refractivity contribution in [1.82, 2.24) is 4.98 Å². The summed E-state index contributed by atoms with van der Waals surface area (Å²) in [6.45, 7) is 0. The Morgan fingerprint density at radius 1 is 1.39 bits per heavy atom. The smallest absolute Gasteiger partial charge is 0.433 e. The van der Waals surface area contributed by atoms with Crippen LogP contribution in [0.4, 0.5) is 26.3 Å². The molecule has 0 atom stereocenters. The van der Waals surface area contributed by atoms with E-state index in [-0.39, 0.29) is 6.07 Å². The van der Waals surface area contributed by atoms with E-state index in [2.05, 4.69) is 9.72 Å². The molecule has 1 rings (SSSR count). The number of nitrogens with zero attached hydrogens (tertiary/aromatic N) is 1. The number of aromatic nitrogens is 1. The fraction of sp³-hybridized carbons (Fsp3) is 0.333. The van der Waals surface area contributed by atoms with Crippen molar-refractivity contribution >= 4 is 5.97 Å². The summed E-state index contributed by atoms with van der Waals surface area (Å²) >= 11 is 0. The molecule has 0 unspecified atom stereocenters. The Balaban J connectivity index is 3.49. The zero-order valence-corrected chi connectivity index (χ0v) is 8.69. The Labute approximate surface area is 96.4 Å². The molecule has 3 nitrogen and oxygen atoms in total. The average molecular weight is 273 g/mol. The molecule has 9 heteroatoms. The first-order valence-electron chi connectivity index (χ1n) is 4.32. The Kier molecular flexibility index (Phi) is 3.82. The van der Waals surface area contributed by atoms with E-state index >= 15 is 0 Å². The van der Waals surface area contributed by atoms with Gasteiger partial charge in [0.25, 0.3) is 6.43 Å². The van der Waals surface area contributed by atoms with Crippen molar-refractivity contribution in [3.63, 3.8) is 0 Å². The summed E-state index contributed by atoms with van der Waals surface area (Å²) < 4.78 is 79.0. The topological polar surface area (TPSA) is 39.2 Å². The molecule has 0 fully saturated rings. The molecular formula is C9H5F6NO2. The maximum atomic E-state index is 13.1. The van der Waals surface area contributed by atoms with Crippen LogP contribution >= 0.6 is 0 Å². The highest BCUT2D eigenvalue weighted by atomic mass is 19.4. The molecule has 0 aliphatic rings. The zero-order chi connectivity index (χ0) is 14.1. The lowest BCUT2D eigenvalue weighted by atomic mass is 10.1. The molecule has 0 radical (unpaired) electrons. The quantitative estimate of drug-likeness (QED) is 0.472. The standard InChI is InChI=1S/C9H5F6NO2/c1-18-8(17)4-2-3(6(10)11)5(9(13,14)15)16-7(4)12/h2,6H,1H3. The SMILES string of the molecule is COC(=O)c1cc(C(F)F)c(C(F)(F)F)nc1F. The summed E-state index contributed by atoms with van der Waals surface area (Å²) in [5.74, 6) is -3.21. The number of carbonyl (C=O) groups is 1. The third-order valence-corrected chi connectivity index (χ3v) is 1.91. The van der Waals surface area contributed by atoms with Crippen molar-refractivity contribution in [3.05, 3.63) is 28.8 Å². The summed E-state index contributed by atoms with van der Waals surface area (Å²) in [5, 5.41) is 0. The van der Waals surface area contributed by atoms with Crippen LogP contribution in [0.15, 0.2) is 6.07 Å². The molecule has 18 heavy (non-hydrogen) atoms. The van der Waals surface area contributed by atoms with Gasteiger partial charge in [0.1, 0.15) is 5.56 Å². The van der Waals surface area contributed by atoms with Crippen molar-refractivity contribution in [3.8, 4) is 0 Å². The highest BCUT2D eigenvalue weighted by Crippen LogP contribution is 2.35. The second kappa shape index (κ2) is 4.83. The molecular weight excluding hydrogens is 268 g/mol. The highest BCUT2D eigenvalue weighted by Gasteiger charge is 2.39. The molecule has 1 aromatic heterocycles. The van der Waals surface area contributed by atoms with Gasteiger partial charge in [-0.1, -0.05) is 0 Å². The van der Waals surface area contributed by atoms with Crippen LogP contribution in [0.1, 0.15) is 28.0 Å². The monoisotopic (exact) mass is 273 g/mol. The lowest BCUT2D eigenvalue weighted by molar-refractivity contribution is -0.143. The molecule has 100 valence electrons. The second-order valence-electron chi connectivity index (χ2n) is 3.05. The first kappa shape index (κ1) is 14.3. The molecule has 0 spiro atoms. The minimum atomic E-state index is -5.25. The van der Waals surface area contributed by atoms with Crippen LogP contribution in [0.25, 0.3) is 0 Å². The Bertz CT molecular complexity index is 471. The van der Waals surface area contributed by atoms with E-state index in [1.807, 2.05) is 0 Å². The summed E-state index contributed by atoms with van der Waals surface area (Å²) in [4.78, 5) is 13.3. The number of halogens is 6. The third-order valence-electron chi connectivity index (χ3n) is 1.91.